The Labute approximate surface area is 122 Å². The molecule has 116 valence electrons. The Morgan fingerprint density at radius 2 is 2.14 bits per heavy atom. The van der Waals surface area contributed by atoms with E-state index in [9.17, 15) is 14.9 Å². The summed E-state index contributed by atoms with van der Waals surface area (Å²) in [7, 11) is 0. The minimum Gasteiger partial charge on any atom is -0.494 e. The lowest BCUT2D eigenvalue weighted by atomic mass is 9.97. The number of nitro groups is 1. The molecule has 0 aliphatic rings. The zero-order valence-corrected chi connectivity index (χ0v) is 12.2. The molecule has 0 fully saturated rings. The number of nitrogens with zero attached hydrogens (tertiary/aromatic N) is 1. The van der Waals surface area contributed by atoms with Crippen LogP contribution in [0.3, 0.4) is 0 Å². The minimum absolute atomic E-state index is 0.0581. The SMILES string of the molecule is Cc1cc(OCCCCC(C)(N)C(=O)O)ccc1[N+](=O)[O-]. The fraction of sp³-hybridized carbons (Fsp3) is 0.500. The van der Waals surface area contributed by atoms with Crippen LogP contribution in [-0.4, -0.2) is 28.1 Å². The third kappa shape index (κ3) is 5.03. The van der Waals surface area contributed by atoms with Gasteiger partial charge in [-0.1, -0.05) is 0 Å². The molecule has 0 spiro atoms. The summed E-state index contributed by atoms with van der Waals surface area (Å²) in [6.07, 6.45) is 1.66. The summed E-state index contributed by atoms with van der Waals surface area (Å²) in [6, 6.07) is 4.57. The Hall–Kier alpha value is -2.15. The van der Waals surface area contributed by atoms with Gasteiger partial charge in [0.25, 0.3) is 5.69 Å². The number of carbonyl (C=O) groups is 1. The summed E-state index contributed by atoms with van der Waals surface area (Å²) < 4.78 is 5.49. The van der Waals surface area contributed by atoms with Crippen LogP contribution in [0.5, 0.6) is 5.75 Å². The Kier molecular flexibility index (Phi) is 5.66. The van der Waals surface area contributed by atoms with Crippen LogP contribution in [0.4, 0.5) is 5.69 Å². The fourth-order valence-electron chi connectivity index (χ4n) is 1.81. The highest BCUT2D eigenvalue weighted by molar-refractivity contribution is 5.77. The number of benzene rings is 1. The van der Waals surface area contributed by atoms with Gasteiger partial charge in [0.2, 0.25) is 0 Å². The van der Waals surface area contributed by atoms with Gasteiger partial charge in [0.1, 0.15) is 11.3 Å². The quantitative estimate of drug-likeness (QED) is 0.432. The van der Waals surface area contributed by atoms with E-state index in [-0.39, 0.29) is 5.69 Å². The number of nitrogens with two attached hydrogens (primary N) is 1. The molecule has 0 radical (unpaired) electrons. The van der Waals surface area contributed by atoms with Crippen molar-refractivity contribution in [1.29, 1.82) is 0 Å². The van der Waals surface area contributed by atoms with E-state index in [0.29, 0.717) is 37.2 Å². The molecule has 0 bridgehead atoms. The Morgan fingerprint density at radius 3 is 2.67 bits per heavy atom. The van der Waals surface area contributed by atoms with E-state index < -0.39 is 16.4 Å². The van der Waals surface area contributed by atoms with Gasteiger partial charge in [0.05, 0.1) is 11.5 Å². The highest BCUT2D eigenvalue weighted by atomic mass is 16.6. The van der Waals surface area contributed by atoms with Gasteiger partial charge < -0.3 is 15.6 Å². The van der Waals surface area contributed by atoms with Gasteiger partial charge in [-0.05, 0) is 45.2 Å². The molecule has 0 saturated carbocycles. The number of rotatable bonds is 8. The topological polar surface area (TPSA) is 116 Å². The van der Waals surface area contributed by atoms with Crippen molar-refractivity contribution >= 4 is 11.7 Å². The second-order valence-electron chi connectivity index (χ2n) is 5.23. The molecule has 1 rings (SSSR count). The number of ether oxygens (including phenoxy) is 1. The molecular weight excluding hydrogens is 276 g/mol. The van der Waals surface area contributed by atoms with E-state index in [1.54, 1.807) is 19.1 Å². The molecule has 1 aromatic carbocycles. The zero-order chi connectivity index (χ0) is 16.0. The summed E-state index contributed by atoms with van der Waals surface area (Å²) in [5.41, 5.74) is 4.99. The second kappa shape index (κ2) is 7.03. The number of hydrogen-bond acceptors (Lipinski definition) is 5. The van der Waals surface area contributed by atoms with Gasteiger partial charge in [-0.25, -0.2) is 0 Å². The van der Waals surface area contributed by atoms with Gasteiger partial charge in [-0.15, -0.1) is 0 Å². The molecular formula is C14H20N2O5. The molecule has 0 aromatic heterocycles. The predicted molar refractivity (Wildman–Crippen MR) is 77.4 cm³/mol. The molecule has 7 heteroatoms. The van der Waals surface area contributed by atoms with Gasteiger partial charge >= 0.3 is 5.97 Å². The summed E-state index contributed by atoms with van der Waals surface area (Å²) in [6.45, 7) is 3.54. The van der Waals surface area contributed by atoms with Gasteiger partial charge in [0, 0.05) is 11.6 Å². The third-order valence-corrected chi connectivity index (χ3v) is 3.21. The van der Waals surface area contributed by atoms with Gasteiger partial charge in [0.15, 0.2) is 0 Å². The maximum atomic E-state index is 10.8. The van der Waals surface area contributed by atoms with Crippen LogP contribution in [0.1, 0.15) is 31.7 Å². The van der Waals surface area contributed by atoms with E-state index in [0.717, 1.165) is 0 Å². The monoisotopic (exact) mass is 296 g/mol. The molecule has 21 heavy (non-hydrogen) atoms. The number of carboxylic acids is 1. The van der Waals surface area contributed by atoms with Gasteiger partial charge in [-0.3, -0.25) is 14.9 Å². The molecule has 0 aliphatic carbocycles. The van der Waals surface area contributed by atoms with Crippen LogP contribution < -0.4 is 10.5 Å². The van der Waals surface area contributed by atoms with Crippen molar-refractivity contribution in [3.8, 4) is 5.75 Å². The van der Waals surface area contributed by atoms with Crippen LogP contribution in [-0.2, 0) is 4.79 Å². The maximum absolute atomic E-state index is 10.8. The van der Waals surface area contributed by atoms with Crippen molar-refractivity contribution in [2.24, 2.45) is 5.73 Å². The summed E-state index contributed by atoms with van der Waals surface area (Å²) in [4.78, 5) is 21.1. The van der Waals surface area contributed by atoms with Crippen molar-refractivity contribution in [3.05, 3.63) is 33.9 Å². The molecule has 1 aromatic rings. The van der Waals surface area contributed by atoms with E-state index in [1.165, 1.54) is 13.0 Å². The lowest BCUT2D eigenvalue weighted by molar-refractivity contribution is -0.385. The predicted octanol–water partition coefficient (Wildman–Crippen LogP) is 2.25. The molecule has 1 atom stereocenters. The summed E-state index contributed by atoms with van der Waals surface area (Å²) >= 11 is 0. The number of aliphatic carboxylic acids is 1. The van der Waals surface area contributed by atoms with Crippen LogP contribution in [0.2, 0.25) is 0 Å². The first-order valence-corrected chi connectivity index (χ1v) is 6.64. The van der Waals surface area contributed by atoms with Crippen molar-refractivity contribution in [2.45, 2.75) is 38.6 Å². The van der Waals surface area contributed by atoms with Crippen molar-refractivity contribution in [1.82, 2.24) is 0 Å². The molecule has 0 saturated heterocycles. The first-order valence-electron chi connectivity index (χ1n) is 6.64. The van der Waals surface area contributed by atoms with E-state index in [1.807, 2.05) is 0 Å². The maximum Gasteiger partial charge on any atom is 0.323 e. The number of carboxylic acid groups (broad SMARTS) is 1. The lowest BCUT2D eigenvalue weighted by Gasteiger charge is -2.18. The number of unbranched alkanes of at least 4 members (excludes halogenated alkanes) is 1. The minimum atomic E-state index is -1.22. The fourth-order valence-corrected chi connectivity index (χ4v) is 1.81. The van der Waals surface area contributed by atoms with Crippen molar-refractivity contribution in [2.75, 3.05) is 6.61 Å². The standard InChI is InChI=1S/C14H20N2O5/c1-10-9-11(5-6-12(10)16(19)20)21-8-4-3-7-14(2,15)13(17)18/h5-6,9H,3-4,7-8,15H2,1-2H3,(H,17,18). The summed E-state index contributed by atoms with van der Waals surface area (Å²) in [5.74, 6) is -0.457. The third-order valence-electron chi connectivity index (χ3n) is 3.21. The first-order chi connectivity index (χ1) is 9.74. The van der Waals surface area contributed by atoms with Crippen LogP contribution in [0, 0.1) is 17.0 Å². The zero-order valence-electron chi connectivity index (χ0n) is 12.2. The largest absolute Gasteiger partial charge is 0.494 e. The van der Waals surface area contributed by atoms with Crippen molar-refractivity contribution in [3.63, 3.8) is 0 Å². The average molecular weight is 296 g/mol. The molecule has 3 N–H and O–H groups in total. The molecule has 0 aliphatic heterocycles. The smallest absolute Gasteiger partial charge is 0.323 e. The normalized spacial score (nSPS) is 13.5. The second-order valence-corrected chi connectivity index (χ2v) is 5.23. The number of aryl methyl sites for hydroxylation is 1. The van der Waals surface area contributed by atoms with Crippen LogP contribution in [0.15, 0.2) is 18.2 Å². The lowest BCUT2D eigenvalue weighted by Crippen LogP contribution is -2.44. The van der Waals surface area contributed by atoms with Gasteiger partial charge in [-0.2, -0.15) is 0 Å². The summed E-state index contributed by atoms with van der Waals surface area (Å²) in [5, 5.41) is 19.6. The molecule has 0 heterocycles. The molecule has 7 nitrogen and oxygen atoms in total. The van der Waals surface area contributed by atoms with E-state index in [4.69, 9.17) is 15.6 Å². The average Bonchev–Trinajstić information content (AvgIpc) is 2.37. The Morgan fingerprint density at radius 1 is 1.48 bits per heavy atom. The van der Waals surface area contributed by atoms with Crippen molar-refractivity contribution < 1.29 is 19.6 Å². The highest BCUT2D eigenvalue weighted by Crippen LogP contribution is 2.23. The number of nitro benzene ring substituents is 1. The van der Waals surface area contributed by atoms with E-state index in [2.05, 4.69) is 0 Å². The van der Waals surface area contributed by atoms with E-state index >= 15 is 0 Å². The highest BCUT2D eigenvalue weighted by Gasteiger charge is 2.26. The van der Waals surface area contributed by atoms with Crippen LogP contribution in [0.25, 0.3) is 0 Å². The Bertz CT molecular complexity index is 528. The first kappa shape index (κ1) is 16.9. The molecule has 1 unspecified atom stereocenters. The Balaban J connectivity index is 2.39. The number of hydrogen-bond donors (Lipinski definition) is 2. The molecule has 0 amide bonds. The van der Waals surface area contributed by atoms with Crippen LogP contribution >= 0.6 is 0 Å².